The second kappa shape index (κ2) is 10.4. The predicted molar refractivity (Wildman–Crippen MR) is 82.5 cm³/mol. The molecule has 0 unspecified atom stereocenters. The first-order chi connectivity index (χ1) is 9.77. The van der Waals surface area contributed by atoms with Crippen molar-refractivity contribution >= 4 is 11.6 Å². The van der Waals surface area contributed by atoms with E-state index in [2.05, 4.69) is 5.32 Å². The largest absolute Gasteiger partial charge is 0.377 e. The average Bonchev–Trinajstić information content (AvgIpc) is 2.46. The fourth-order valence-electron chi connectivity index (χ4n) is 1.98. The van der Waals surface area contributed by atoms with Crippen LogP contribution in [0, 0.1) is 0 Å². The van der Waals surface area contributed by atoms with Crippen LogP contribution in [0.5, 0.6) is 0 Å². The van der Waals surface area contributed by atoms with E-state index >= 15 is 0 Å². The molecule has 0 aromatic heterocycles. The standard InChI is InChI=1S/C16H26N2O2/c1-2-20-13-14-9-6-7-10-15(14)18-16(19)11-5-3-4-8-12-17/h6-7,9-10H,2-5,8,11-13,17H2,1H3,(H,18,19). The van der Waals surface area contributed by atoms with Gasteiger partial charge in [-0.25, -0.2) is 0 Å². The summed E-state index contributed by atoms with van der Waals surface area (Å²) in [6.07, 6.45) is 4.68. The van der Waals surface area contributed by atoms with Crippen LogP contribution in [0.15, 0.2) is 24.3 Å². The molecule has 0 fully saturated rings. The van der Waals surface area contributed by atoms with Crippen molar-refractivity contribution in [2.75, 3.05) is 18.5 Å². The van der Waals surface area contributed by atoms with Crippen LogP contribution < -0.4 is 11.1 Å². The maximum atomic E-state index is 11.9. The Morgan fingerprint density at radius 1 is 1.20 bits per heavy atom. The Morgan fingerprint density at radius 2 is 1.95 bits per heavy atom. The predicted octanol–water partition coefficient (Wildman–Crippen LogP) is 3.07. The lowest BCUT2D eigenvalue weighted by Gasteiger charge is -2.11. The molecule has 0 aliphatic carbocycles. The molecule has 1 aromatic carbocycles. The van der Waals surface area contributed by atoms with Crippen LogP contribution in [0.2, 0.25) is 0 Å². The number of hydrogen-bond acceptors (Lipinski definition) is 3. The summed E-state index contributed by atoms with van der Waals surface area (Å²) in [5, 5.41) is 2.97. The minimum Gasteiger partial charge on any atom is -0.377 e. The third kappa shape index (κ3) is 6.68. The third-order valence-corrected chi connectivity index (χ3v) is 3.11. The molecule has 112 valence electrons. The second-order valence-corrected chi connectivity index (χ2v) is 4.80. The molecule has 0 aliphatic rings. The lowest BCUT2D eigenvalue weighted by molar-refractivity contribution is -0.116. The van der Waals surface area contributed by atoms with Gasteiger partial charge in [-0.1, -0.05) is 31.0 Å². The number of para-hydroxylation sites is 1. The summed E-state index contributed by atoms with van der Waals surface area (Å²) in [6, 6.07) is 7.77. The highest BCUT2D eigenvalue weighted by molar-refractivity contribution is 5.91. The molecule has 0 saturated carbocycles. The lowest BCUT2D eigenvalue weighted by Crippen LogP contribution is -2.13. The zero-order valence-electron chi connectivity index (χ0n) is 12.4. The first-order valence-corrected chi connectivity index (χ1v) is 7.43. The number of carbonyl (C=O) groups excluding carboxylic acids is 1. The van der Waals surface area contributed by atoms with Gasteiger partial charge in [-0.15, -0.1) is 0 Å². The molecule has 0 atom stereocenters. The second-order valence-electron chi connectivity index (χ2n) is 4.80. The van der Waals surface area contributed by atoms with E-state index < -0.39 is 0 Å². The van der Waals surface area contributed by atoms with Crippen LogP contribution in [-0.2, 0) is 16.1 Å². The molecule has 0 aliphatic heterocycles. The molecule has 0 radical (unpaired) electrons. The van der Waals surface area contributed by atoms with E-state index in [1.807, 2.05) is 31.2 Å². The lowest BCUT2D eigenvalue weighted by atomic mass is 10.1. The van der Waals surface area contributed by atoms with Gasteiger partial charge in [-0.2, -0.15) is 0 Å². The summed E-state index contributed by atoms with van der Waals surface area (Å²) >= 11 is 0. The van der Waals surface area contributed by atoms with Crippen molar-refractivity contribution in [3.63, 3.8) is 0 Å². The van der Waals surface area contributed by atoms with Gasteiger partial charge < -0.3 is 15.8 Å². The Kier molecular flexibility index (Phi) is 8.67. The van der Waals surface area contributed by atoms with Gasteiger partial charge in [0.15, 0.2) is 0 Å². The number of benzene rings is 1. The molecule has 1 rings (SSSR count). The summed E-state index contributed by atoms with van der Waals surface area (Å²) in [5.74, 6) is 0.0710. The Labute approximate surface area is 121 Å². The van der Waals surface area contributed by atoms with Gasteiger partial charge in [0.05, 0.1) is 6.61 Å². The molecule has 0 spiro atoms. The van der Waals surface area contributed by atoms with E-state index in [-0.39, 0.29) is 5.91 Å². The molecular weight excluding hydrogens is 252 g/mol. The fraction of sp³-hybridized carbons (Fsp3) is 0.562. The monoisotopic (exact) mass is 278 g/mol. The van der Waals surface area contributed by atoms with E-state index in [0.29, 0.717) is 19.6 Å². The van der Waals surface area contributed by atoms with E-state index in [1.54, 1.807) is 0 Å². The number of rotatable bonds is 10. The highest BCUT2D eigenvalue weighted by atomic mass is 16.5. The van der Waals surface area contributed by atoms with Gasteiger partial charge in [0.2, 0.25) is 5.91 Å². The Hall–Kier alpha value is -1.39. The van der Waals surface area contributed by atoms with E-state index in [4.69, 9.17) is 10.5 Å². The first-order valence-electron chi connectivity index (χ1n) is 7.43. The molecule has 4 heteroatoms. The smallest absolute Gasteiger partial charge is 0.224 e. The number of nitrogens with one attached hydrogen (secondary N) is 1. The van der Waals surface area contributed by atoms with Gasteiger partial charge in [-0.05, 0) is 32.4 Å². The minimum atomic E-state index is 0.0710. The van der Waals surface area contributed by atoms with Crippen LogP contribution in [0.25, 0.3) is 0 Å². The van der Waals surface area contributed by atoms with Crippen LogP contribution >= 0.6 is 0 Å². The van der Waals surface area contributed by atoms with Crippen LogP contribution in [-0.4, -0.2) is 19.1 Å². The number of hydrogen-bond donors (Lipinski definition) is 2. The summed E-state index contributed by atoms with van der Waals surface area (Å²) < 4.78 is 5.40. The van der Waals surface area contributed by atoms with Crippen LogP contribution in [0.1, 0.15) is 44.6 Å². The summed E-state index contributed by atoms with van der Waals surface area (Å²) in [4.78, 5) is 11.9. The summed E-state index contributed by atoms with van der Waals surface area (Å²) in [5.41, 5.74) is 7.31. The molecule has 0 saturated heterocycles. The Morgan fingerprint density at radius 3 is 2.70 bits per heavy atom. The molecule has 20 heavy (non-hydrogen) atoms. The summed E-state index contributed by atoms with van der Waals surface area (Å²) in [6.45, 7) is 3.90. The van der Waals surface area contributed by atoms with Gasteiger partial charge in [0.1, 0.15) is 0 Å². The third-order valence-electron chi connectivity index (χ3n) is 3.11. The van der Waals surface area contributed by atoms with Gasteiger partial charge >= 0.3 is 0 Å². The Bertz CT molecular complexity index is 394. The molecule has 3 N–H and O–H groups in total. The maximum absolute atomic E-state index is 11.9. The van der Waals surface area contributed by atoms with E-state index in [9.17, 15) is 4.79 Å². The topological polar surface area (TPSA) is 64.3 Å². The SMILES string of the molecule is CCOCc1ccccc1NC(=O)CCCCCCN. The highest BCUT2D eigenvalue weighted by Gasteiger charge is 2.06. The van der Waals surface area contributed by atoms with Crippen molar-refractivity contribution in [1.29, 1.82) is 0 Å². The molecule has 0 heterocycles. The number of ether oxygens (including phenoxy) is 1. The first kappa shape index (κ1) is 16.7. The van der Waals surface area contributed by atoms with Crippen molar-refractivity contribution in [2.45, 2.75) is 45.6 Å². The zero-order valence-corrected chi connectivity index (χ0v) is 12.4. The number of unbranched alkanes of at least 4 members (excludes halogenated alkanes) is 3. The van der Waals surface area contributed by atoms with E-state index in [1.165, 1.54) is 0 Å². The molecule has 4 nitrogen and oxygen atoms in total. The van der Waals surface area contributed by atoms with Crippen LogP contribution in [0.4, 0.5) is 5.69 Å². The maximum Gasteiger partial charge on any atom is 0.224 e. The number of nitrogens with two attached hydrogens (primary N) is 1. The van der Waals surface area contributed by atoms with Crippen LogP contribution in [0.3, 0.4) is 0 Å². The van der Waals surface area contributed by atoms with Gasteiger partial charge in [0.25, 0.3) is 0 Å². The number of carbonyl (C=O) groups is 1. The Balaban J connectivity index is 2.37. The van der Waals surface area contributed by atoms with Crippen molar-refractivity contribution in [3.05, 3.63) is 29.8 Å². The van der Waals surface area contributed by atoms with Gasteiger partial charge in [-0.3, -0.25) is 4.79 Å². The fourth-order valence-corrected chi connectivity index (χ4v) is 1.98. The zero-order chi connectivity index (χ0) is 14.6. The molecular formula is C16H26N2O2. The van der Waals surface area contributed by atoms with Gasteiger partial charge in [0, 0.05) is 24.3 Å². The van der Waals surface area contributed by atoms with Crippen molar-refractivity contribution in [3.8, 4) is 0 Å². The van der Waals surface area contributed by atoms with Crippen molar-refractivity contribution in [1.82, 2.24) is 0 Å². The van der Waals surface area contributed by atoms with Crippen molar-refractivity contribution in [2.24, 2.45) is 5.73 Å². The van der Waals surface area contributed by atoms with Crippen molar-refractivity contribution < 1.29 is 9.53 Å². The number of amides is 1. The molecule has 1 amide bonds. The summed E-state index contributed by atoms with van der Waals surface area (Å²) in [7, 11) is 0. The normalized spacial score (nSPS) is 10.5. The highest BCUT2D eigenvalue weighted by Crippen LogP contribution is 2.16. The van der Waals surface area contributed by atoms with E-state index in [0.717, 1.165) is 43.5 Å². The quantitative estimate of drug-likeness (QED) is 0.646. The minimum absolute atomic E-state index is 0.0710. The molecule has 0 bridgehead atoms. The molecule has 1 aromatic rings. The number of anilines is 1. The average molecular weight is 278 g/mol.